The molecule has 3 rings (SSSR count). The smallest absolute Gasteiger partial charge is 0.274 e. The highest BCUT2D eigenvalue weighted by molar-refractivity contribution is 6.04. The first-order valence-electron chi connectivity index (χ1n) is 7.32. The van der Waals surface area contributed by atoms with Gasteiger partial charge in [-0.1, -0.05) is 6.07 Å². The largest absolute Gasteiger partial charge is 0.367 e. The second-order valence-corrected chi connectivity index (χ2v) is 5.56. The molecule has 1 saturated carbocycles. The lowest BCUT2D eigenvalue weighted by Crippen LogP contribution is -2.13. The average Bonchev–Trinajstić information content (AvgIpc) is 3.33. The molecule has 1 aromatic heterocycles. The zero-order valence-corrected chi connectivity index (χ0v) is 12.6. The Bertz CT molecular complexity index is 754. The third-order valence-electron chi connectivity index (χ3n) is 3.62. The van der Waals surface area contributed by atoms with Crippen LogP contribution in [0.25, 0.3) is 0 Å². The van der Waals surface area contributed by atoms with Crippen molar-refractivity contribution in [1.29, 1.82) is 0 Å². The fourth-order valence-corrected chi connectivity index (χ4v) is 2.14. The molecular weight excluding hydrogens is 296 g/mol. The van der Waals surface area contributed by atoms with Gasteiger partial charge < -0.3 is 10.6 Å². The Morgan fingerprint density at radius 3 is 2.70 bits per heavy atom. The van der Waals surface area contributed by atoms with Crippen LogP contribution in [0.3, 0.4) is 0 Å². The number of nitro benzene ring substituents is 1. The molecule has 7 nitrogen and oxygen atoms in total. The summed E-state index contributed by atoms with van der Waals surface area (Å²) in [6.07, 6.45) is 3.79. The van der Waals surface area contributed by atoms with Gasteiger partial charge in [-0.25, -0.2) is 4.98 Å². The van der Waals surface area contributed by atoms with Gasteiger partial charge in [0.1, 0.15) is 5.82 Å². The highest BCUT2D eigenvalue weighted by Crippen LogP contribution is 2.24. The number of rotatable bonds is 5. The molecule has 1 amide bonds. The van der Waals surface area contributed by atoms with E-state index in [0.29, 0.717) is 22.9 Å². The topological polar surface area (TPSA) is 97.2 Å². The van der Waals surface area contributed by atoms with Gasteiger partial charge in [0.2, 0.25) is 0 Å². The van der Waals surface area contributed by atoms with Crippen LogP contribution in [0.2, 0.25) is 0 Å². The zero-order chi connectivity index (χ0) is 16.4. The van der Waals surface area contributed by atoms with Gasteiger partial charge in [-0.15, -0.1) is 0 Å². The van der Waals surface area contributed by atoms with Gasteiger partial charge in [0.25, 0.3) is 11.6 Å². The van der Waals surface area contributed by atoms with E-state index in [9.17, 15) is 14.9 Å². The summed E-state index contributed by atoms with van der Waals surface area (Å²) in [5.74, 6) is 0.392. The summed E-state index contributed by atoms with van der Waals surface area (Å²) in [5, 5.41) is 16.8. The van der Waals surface area contributed by atoms with Crippen LogP contribution < -0.4 is 10.6 Å². The Morgan fingerprint density at radius 2 is 2.09 bits per heavy atom. The summed E-state index contributed by atoms with van der Waals surface area (Å²) in [7, 11) is 0. The van der Waals surface area contributed by atoms with Crippen molar-refractivity contribution in [1.82, 2.24) is 4.98 Å². The number of nitro groups is 1. The first kappa shape index (κ1) is 15.0. The lowest BCUT2D eigenvalue weighted by atomic mass is 10.1. The molecule has 0 bridgehead atoms. The number of aromatic nitrogens is 1. The molecule has 2 N–H and O–H groups in total. The molecule has 1 fully saturated rings. The Balaban J connectivity index is 1.70. The summed E-state index contributed by atoms with van der Waals surface area (Å²) < 4.78 is 0. The normalized spacial score (nSPS) is 13.4. The van der Waals surface area contributed by atoms with Crippen LogP contribution in [0.1, 0.15) is 28.8 Å². The van der Waals surface area contributed by atoms with Gasteiger partial charge in [-0.3, -0.25) is 14.9 Å². The van der Waals surface area contributed by atoms with Crippen molar-refractivity contribution in [3.8, 4) is 0 Å². The standard InChI is InChI=1S/C16H16N4O3/c1-10-2-4-13(8-14(10)20(22)23)19-16(21)11-3-7-15(17-9-11)18-12-5-6-12/h2-4,7-9,12H,5-6H2,1H3,(H,17,18)(H,19,21). The number of hydrogen-bond donors (Lipinski definition) is 2. The molecule has 0 saturated heterocycles. The Labute approximate surface area is 132 Å². The van der Waals surface area contributed by atoms with E-state index in [2.05, 4.69) is 15.6 Å². The molecule has 0 atom stereocenters. The summed E-state index contributed by atoms with van der Waals surface area (Å²) >= 11 is 0. The number of pyridine rings is 1. The maximum absolute atomic E-state index is 12.2. The molecule has 0 unspecified atom stereocenters. The first-order chi connectivity index (χ1) is 11.0. The number of carbonyl (C=O) groups is 1. The van der Waals surface area contributed by atoms with Crippen molar-refractivity contribution in [3.05, 3.63) is 57.8 Å². The predicted octanol–water partition coefficient (Wildman–Crippen LogP) is 3.12. The lowest BCUT2D eigenvalue weighted by Gasteiger charge is -2.07. The van der Waals surface area contributed by atoms with E-state index in [1.165, 1.54) is 12.3 Å². The van der Waals surface area contributed by atoms with E-state index in [4.69, 9.17) is 0 Å². The number of aryl methyl sites for hydroxylation is 1. The van der Waals surface area contributed by atoms with Crippen LogP contribution in [-0.2, 0) is 0 Å². The van der Waals surface area contributed by atoms with Crippen molar-refractivity contribution in [2.24, 2.45) is 0 Å². The Morgan fingerprint density at radius 1 is 1.30 bits per heavy atom. The van der Waals surface area contributed by atoms with E-state index in [1.54, 1.807) is 31.2 Å². The Hall–Kier alpha value is -2.96. The molecule has 23 heavy (non-hydrogen) atoms. The van der Waals surface area contributed by atoms with Gasteiger partial charge >= 0.3 is 0 Å². The molecule has 0 spiro atoms. The molecule has 1 heterocycles. The molecule has 1 aliphatic carbocycles. The number of nitrogens with zero attached hydrogens (tertiary/aromatic N) is 2. The SMILES string of the molecule is Cc1ccc(NC(=O)c2ccc(NC3CC3)nc2)cc1[N+](=O)[O-]. The van der Waals surface area contributed by atoms with Crippen LogP contribution in [0.5, 0.6) is 0 Å². The van der Waals surface area contributed by atoms with Crippen molar-refractivity contribution in [3.63, 3.8) is 0 Å². The van der Waals surface area contributed by atoms with Crippen molar-refractivity contribution in [2.75, 3.05) is 10.6 Å². The van der Waals surface area contributed by atoms with Crippen LogP contribution in [0.15, 0.2) is 36.5 Å². The number of carbonyl (C=O) groups excluding carboxylic acids is 1. The fraction of sp³-hybridized carbons (Fsp3) is 0.250. The Kier molecular flexibility index (Phi) is 3.92. The third-order valence-corrected chi connectivity index (χ3v) is 3.62. The maximum Gasteiger partial charge on any atom is 0.274 e. The summed E-state index contributed by atoms with van der Waals surface area (Å²) in [6.45, 7) is 1.65. The molecule has 0 radical (unpaired) electrons. The average molecular weight is 312 g/mol. The summed E-state index contributed by atoms with van der Waals surface area (Å²) in [6, 6.07) is 8.52. The number of anilines is 2. The van der Waals surface area contributed by atoms with Crippen LogP contribution in [0, 0.1) is 17.0 Å². The van der Waals surface area contributed by atoms with E-state index in [-0.39, 0.29) is 11.6 Å². The minimum Gasteiger partial charge on any atom is -0.367 e. The molecule has 1 aromatic carbocycles. The van der Waals surface area contributed by atoms with Crippen molar-refractivity contribution in [2.45, 2.75) is 25.8 Å². The third kappa shape index (κ3) is 3.63. The minimum atomic E-state index is -0.467. The maximum atomic E-state index is 12.2. The second kappa shape index (κ2) is 6.04. The van der Waals surface area contributed by atoms with E-state index < -0.39 is 4.92 Å². The van der Waals surface area contributed by atoms with Gasteiger partial charge in [-0.2, -0.15) is 0 Å². The molecule has 0 aliphatic heterocycles. The fourth-order valence-electron chi connectivity index (χ4n) is 2.14. The minimum absolute atomic E-state index is 0.0232. The number of amides is 1. The van der Waals surface area contributed by atoms with E-state index in [1.807, 2.05) is 0 Å². The molecule has 2 aromatic rings. The van der Waals surface area contributed by atoms with Crippen LogP contribution in [-0.4, -0.2) is 21.9 Å². The monoisotopic (exact) mass is 312 g/mol. The number of benzene rings is 1. The molecular formula is C16H16N4O3. The zero-order valence-electron chi connectivity index (χ0n) is 12.6. The number of hydrogen-bond acceptors (Lipinski definition) is 5. The van der Waals surface area contributed by atoms with Crippen LogP contribution in [0.4, 0.5) is 17.2 Å². The quantitative estimate of drug-likeness (QED) is 0.653. The van der Waals surface area contributed by atoms with Crippen molar-refractivity contribution < 1.29 is 9.72 Å². The van der Waals surface area contributed by atoms with E-state index >= 15 is 0 Å². The van der Waals surface area contributed by atoms with Crippen LogP contribution >= 0.6 is 0 Å². The summed E-state index contributed by atoms with van der Waals surface area (Å²) in [5.41, 5.74) is 1.30. The highest BCUT2D eigenvalue weighted by Gasteiger charge is 2.21. The van der Waals surface area contributed by atoms with E-state index in [0.717, 1.165) is 18.7 Å². The predicted molar refractivity (Wildman–Crippen MR) is 86.7 cm³/mol. The van der Waals surface area contributed by atoms with Gasteiger partial charge in [-0.05, 0) is 38.0 Å². The summed E-state index contributed by atoms with van der Waals surface area (Å²) in [4.78, 5) is 26.9. The first-order valence-corrected chi connectivity index (χ1v) is 7.32. The molecule has 1 aliphatic rings. The van der Waals surface area contributed by atoms with Crippen molar-refractivity contribution >= 4 is 23.1 Å². The van der Waals surface area contributed by atoms with Gasteiger partial charge in [0, 0.05) is 29.6 Å². The second-order valence-electron chi connectivity index (χ2n) is 5.56. The molecule has 118 valence electrons. The lowest BCUT2D eigenvalue weighted by molar-refractivity contribution is -0.385. The van der Waals surface area contributed by atoms with Gasteiger partial charge in [0.05, 0.1) is 10.5 Å². The molecule has 7 heteroatoms. The highest BCUT2D eigenvalue weighted by atomic mass is 16.6. The number of nitrogens with one attached hydrogen (secondary N) is 2. The van der Waals surface area contributed by atoms with Gasteiger partial charge in [0.15, 0.2) is 0 Å².